The molecule has 0 saturated heterocycles. The molecule has 27 heavy (non-hydrogen) atoms. The Morgan fingerprint density at radius 3 is 2.96 bits per heavy atom. The van der Waals surface area contributed by atoms with E-state index in [1.54, 1.807) is 13.0 Å². The van der Waals surface area contributed by atoms with Gasteiger partial charge in [-0.25, -0.2) is 4.79 Å². The third-order valence-electron chi connectivity index (χ3n) is 4.74. The molecule has 1 aliphatic heterocycles. The number of rotatable bonds is 7. The van der Waals surface area contributed by atoms with Gasteiger partial charge in [0.15, 0.2) is 0 Å². The molecule has 144 valence electrons. The van der Waals surface area contributed by atoms with Crippen LogP contribution in [0.15, 0.2) is 42.5 Å². The zero-order chi connectivity index (χ0) is 19.2. The van der Waals surface area contributed by atoms with Crippen LogP contribution in [-0.4, -0.2) is 36.9 Å². The number of esters is 1. The summed E-state index contributed by atoms with van der Waals surface area (Å²) in [7, 11) is 0. The van der Waals surface area contributed by atoms with Crippen LogP contribution >= 0.6 is 0 Å². The van der Waals surface area contributed by atoms with Crippen LogP contribution in [0.4, 0.5) is 0 Å². The van der Waals surface area contributed by atoms with Gasteiger partial charge in [-0.15, -0.1) is 0 Å². The van der Waals surface area contributed by atoms with E-state index < -0.39 is 6.10 Å². The molecule has 5 heteroatoms. The number of carbonyl (C=O) groups excluding carboxylic acids is 1. The predicted molar refractivity (Wildman–Crippen MR) is 104 cm³/mol. The van der Waals surface area contributed by atoms with Crippen LogP contribution < -0.4 is 10.1 Å². The second kappa shape index (κ2) is 9.02. The number of hydrogen-bond acceptors (Lipinski definition) is 5. The van der Waals surface area contributed by atoms with E-state index in [2.05, 4.69) is 5.32 Å². The lowest BCUT2D eigenvalue weighted by atomic mass is 9.99. The maximum Gasteiger partial charge on any atom is 0.338 e. The van der Waals surface area contributed by atoms with Crippen LogP contribution in [0, 0.1) is 6.92 Å². The summed E-state index contributed by atoms with van der Waals surface area (Å²) in [6.07, 6.45) is 1.24. The van der Waals surface area contributed by atoms with Gasteiger partial charge in [-0.05, 0) is 56.0 Å². The van der Waals surface area contributed by atoms with E-state index >= 15 is 0 Å². The van der Waals surface area contributed by atoms with Crippen LogP contribution in [0.1, 0.15) is 46.5 Å². The van der Waals surface area contributed by atoms with Crippen LogP contribution in [0.25, 0.3) is 0 Å². The fourth-order valence-corrected chi connectivity index (χ4v) is 3.31. The third-order valence-corrected chi connectivity index (χ3v) is 4.74. The highest BCUT2D eigenvalue weighted by molar-refractivity contribution is 5.89. The predicted octanol–water partition coefficient (Wildman–Crippen LogP) is 3.19. The van der Waals surface area contributed by atoms with Crippen molar-refractivity contribution in [2.75, 3.05) is 19.7 Å². The Morgan fingerprint density at radius 1 is 1.33 bits per heavy atom. The number of nitrogens with one attached hydrogen (secondary N) is 1. The van der Waals surface area contributed by atoms with Crippen LogP contribution in [0.3, 0.4) is 0 Å². The van der Waals surface area contributed by atoms with E-state index in [4.69, 9.17) is 9.47 Å². The second-order valence-electron chi connectivity index (χ2n) is 6.91. The van der Waals surface area contributed by atoms with Crippen molar-refractivity contribution in [2.24, 2.45) is 0 Å². The number of hydrogen-bond donors (Lipinski definition) is 2. The summed E-state index contributed by atoms with van der Waals surface area (Å²) in [5.74, 6) is 0.523. The highest BCUT2D eigenvalue weighted by atomic mass is 16.5. The standard InChI is InChI=1S/C22H27NO4/c1-3-26-22(25)18-8-10-21-17(12-18)7-9-19(27-21)13-23-14-20(24)16-6-4-5-15(2)11-16/h4-6,8,10-12,19-20,23-24H,3,7,9,13-14H2,1-2H3/t19?,20-/m0/s1. The molecule has 0 radical (unpaired) electrons. The van der Waals surface area contributed by atoms with Crippen molar-refractivity contribution in [1.29, 1.82) is 0 Å². The van der Waals surface area contributed by atoms with Gasteiger partial charge in [0.25, 0.3) is 0 Å². The summed E-state index contributed by atoms with van der Waals surface area (Å²) >= 11 is 0. The van der Waals surface area contributed by atoms with Crippen molar-refractivity contribution < 1.29 is 19.4 Å². The van der Waals surface area contributed by atoms with Crippen molar-refractivity contribution in [3.8, 4) is 5.75 Å². The lowest BCUT2D eigenvalue weighted by Crippen LogP contribution is -2.36. The van der Waals surface area contributed by atoms with Crippen LogP contribution in [0.5, 0.6) is 5.75 Å². The smallest absolute Gasteiger partial charge is 0.338 e. The van der Waals surface area contributed by atoms with Crippen LogP contribution in [0.2, 0.25) is 0 Å². The maximum absolute atomic E-state index is 11.8. The first kappa shape index (κ1) is 19.4. The first-order valence-electron chi connectivity index (χ1n) is 9.49. The molecule has 3 rings (SSSR count). The first-order chi connectivity index (χ1) is 13.1. The first-order valence-corrected chi connectivity index (χ1v) is 9.49. The van der Waals surface area contributed by atoms with Gasteiger partial charge in [0, 0.05) is 13.1 Å². The largest absolute Gasteiger partial charge is 0.489 e. The topological polar surface area (TPSA) is 67.8 Å². The minimum Gasteiger partial charge on any atom is -0.489 e. The summed E-state index contributed by atoms with van der Waals surface area (Å²) in [6.45, 7) is 5.34. The Morgan fingerprint density at radius 2 is 2.19 bits per heavy atom. The molecular formula is C22H27NO4. The van der Waals surface area contributed by atoms with E-state index in [1.807, 2.05) is 43.3 Å². The van der Waals surface area contributed by atoms with E-state index in [-0.39, 0.29) is 12.1 Å². The van der Waals surface area contributed by atoms with Gasteiger partial charge in [-0.1, -0.05) is 29.8 Å². The lowest BCUT2D eigenvalue weighted by molar-refractivity contribution is 0.0526. The molecule has 2 aromatic carbocycles. The number of fused-ring (bicyclic) bond motifs is 1. The highest BCUT2D eigenvalue weighted by Gasteiger charge is 2.21. The summed E-state index contributed by atoms with van der Waals surface area (Å²) in [5.41, 5.74) is 3.67. The molecule has 5 nitrogen and oxygen atoms in total. The molecule has 0 aromatic heterocycles. The maximum atomic E-state index is 11.8. The van der Waals surface area contributed by atoms with Gasteiger partial charge in [0.2, 0.25) is 0 Å². The Balaban J connectivity index is 1.50. The summed E-state index contributed by atoms with van der Waals surface area (Å²) in [6, 6.07) is 13.4. The molecule has 1 aliphatic rings. The number of carbonyl (C=O) groups is 1. The Bertz CT molecular complexity index is 790. The molecule has 0 bridgehead atoms. The van der Waals surface area contributed by atoms with Gasteiger partial charge < -0.3 is 19.9 Å². The van der Waals surface area contributed by atoms with Crippen molar-refractivity contribution in [1.82, 2.24) is 5.32 Å². The Kier molecular flexibility index (Phi) is 6.48. The van der Waals surface area contributed by atoms with Crippen LogP contribution in [-0.2, 0) is 11.2 Å². The van der Waals surface area contributed by atoms with E-state index in [9.17, 15) is 9.90 Å². The average Bonchev–Trinajstić information content (AvgIpc) is 2.67. The molecule has 1 heterocycles. The Hall–Kier alpha value is -2.37. The van der Waals surface area contributed by atoms with Gasteiger partial charge >= 0.3 is 5.97 Å². The quantitative estimate of drug-likeness (QED) is 0.734. The highest BCUT2D eigenvalue weighted by Crippen LogP contribution is 2.28. The third kappa shape index (κ3) is 5.08. The van der Waals surface area contributed by atoms with E-state index in [0.29, 0.717) is 25.3 Å². The number of ether oxygens (including phenoxy) is 2. The minimum atomic E-state index is -0.534. The minimum absolute atomic E-state index is 0.0515. The van der Waals surface area contributed by atoms with E-state index in [1.165, 1.54) is 0 Å². The number of aliphatic hydroxyl groups excluding tert-OH is 1. The Labute approximate surface area is 160 Å². The van der Waals surface area contributed by atoms with Crippen molar-refractivity contribution in [2.45, 2.75) is 38.9 Å². The molecule has 0 amide bonds. The molecule has 2 N–H and O–H groups in total. The van der Waals surface area contributed by atoms with Crippen molar-refractivity contribution in [3.05, 3.63) is 64.7 Å². The fourth-order valence-electron chi connectivity index (χ4n) is 3.31. The molecule has 1 unspecified atom stereocenters. The molecule has 0 saturated carbocycles. The molecule has 0 fully saturated rings. The number of aryl methyl sites for hydroxylation is 2. The zero-order valence-electron chi connectivity index (χ0n) is 15.9. The normalized spacial score (nSPS) is 16.9. The lowest BCUT2D eigenvalue weighted by Gasteiger charge is -2.27. The zero-order valence-corrected chi connectivity index (χ0v) is 15.9. The number of aliphatic hydroxyl groups is 1. The van der Waals surface area contributed by atoms with Gasteiger partial charge in [0.1, 0.15) is 11.9 Å². The fraction of sp³-hybridized carbons (Fsp3) is 0.409. The summed E-state index contributed by atoms with van der Waals surface area (Å²) < 4.78 is 11.1. The summed E-state index contributed by atoms with van der Waals surface area (Å²) in [4.78, 5) is 11.8. The molecular weight excluding hydrogens is 342 g/mol. The number of benzene rings is 2. The van der Waals surface area contributed by atoms with Gasteiger partial charge in [-0.2, -0.15) is 0 Å². The molecule has 2 atom stereocenters. The molecule has 0 spiro atoms. The van der Waals surface area contributed by atoms with E-state index in [0.717, 1.165) is 35.3 Å². The second-order valence-corrected chi connectivity index (χ2v) is 6.91. The van der Waals surface area contributed by atoms with Crippen molar-refractivity contribution >= 4 is 5.97 Å². The van der Waals surface area contributed by atoms with Gasteiger partial charge in [0.05, 0.1) is 18.3 Å². The summed E-state index contributed by atoms with van der Waals surface area (Å²) in [5, 5.41) is 13.6. The molecule has 0 aliphatic carbocycles. The van der Waals surface area contributed by atoms with Crippen molar-refractivity contribution in [3.63, 3.8) is 0 Å². The van der Waals surface area contributed by atoms with Gasteiger partial charge in [-0.3, -0.25) is 0 Å². The SMILES string of the molecule is CCOC(=O)c1ccc2c(c1)CCC(CNC[C@H](O)c1cccc(C)c1)O2. The average molecular weight is 369 g/mol. The molecule has 2 aromatic rings. The monoisotopic (exact) mass is 369 g/mol.